The first-order valence-electron chi connectivity index (χ1n) is 10.9. The Balaban J connectivity index is 0.00000578. The SMILES string of the molecule is CC(C)CNC(=O)c1nn(-c2ccc(F)cc2)c(/C=C/[C@@H](O)C[C@@H](O)CC(=O)[O-])c1C(C)C.[Na+]. The maximum Gasteiger partial charge on any atom is 1.00 e. The third-order valence-corrected chi connectivity index (χ3v) is 4.89. The van der Waals surface area contributed by atoms with Gasteiger partial charge in [0.05, 0.1) is 23.6 Å². The minimum atomic E-state index is -1.41. The predicted octanol–water partition coefficient (Wildman–Crippen LogP) is -1.21. The molecule has 1 heterocycles. The number of halogens is 1. The van der Waals surface area contributed by atoms with E-state index in [1.807, 2.05) is 27.7 Å². The van der Waals surface area contributed by atoms with Gasteiger partial charge in [0.2, 0.25) is 0 Å². The fourth-order valence-electron chi connectivity index (χ4n) is 3.34. The molecule has 34 heavy (non-hydrogen) atoms. The summed E-state index contributed by atoms with van der Waals surface area (Å²) in [4.78, 5) is 23.5. The second-order valence-corrected chi connectivity index (χ2v) is 8.69. The number of carbonyl (C=O) groups is 2. The molecule has 1 amide bonds. The van der Waals surface area contributed by atoms with Gasteiger partial charge in [-0.3, -0.25) is 4.79 Å². The molecular weight excluding hydrogens is 452 g/mol. The number of aliphatic carboxylic acids is 1. The third kappa shape index (κ3) is 8.63. The van der Waals surface area contributed by atoms with E-state index in [-0.39, 0.29) is 59.4 Å². The van der Waals surface area contributed by atoms with Crippen molar-refractivity contribution >= 4 is 18.0 Å². The number of nitrogens with zero attached hydrogens (tertiary/aromatic N) is 2. The fraction of sp³-hybridized carbons (Fsp3) is 0.458. The van der Waals surface area contributed by atoms with Crippen LogP contribution >= 0.6 is 0 Å². The van der Waals surface area contributed by atoms with Crippen molar-refractivity contribution in [3.05, 3.63) is 53.1 Å². The van der Waals surface area contributed by atoms with Crippen LogP contribution in [0.2, 0.25) is 0 Å². The van der Waals surface area contributed by atoms with Crippen LogP contribution in [0.5, 0.6) is 0 Å². The summed E-state index contributed by atoms with van der Waals surface area (Å²) in [6.07, 6.45) is -0.227. The van der Waals surface area contributed by atoms with E-state index in [4.69, 9.17) is 0 Å². The zero-order valence-electron chi connectivity index (χ0n) is 20.3. The molecule has 1 aromatic carbocycles. The van der Waals surface area contributed by atoms with Crippen LogP contribution in [0.15, 0.2) is 30.3 Å². The van der Waals surface area contributed by atoms with Crippen LogP contribution in [-0.4, -0.2) is 50.6 Å². The van der Waals surface area contributed by atoms with Gasteiger partial charge in [-0.05, 0) is 42.2 Å². The van der Waals surface area contributed by atoms with E-state index in [0.29, 0.717) is 23.5 Å². The number of carboxylic acid groups (broad SMARTS) is 1. The van der Waals surface area contributed by atoms with Gasteiger partial charge in [0.25, 0.3) is 5.91 Å². The Kier molecular flexibility index (Phi) is 12.1. The second kappa shape index (κ2) is 13.7. The van der Waals surface area contributed by atoms with E-state index in [9.17, 15) is 29.3 Å². The minimum absolute atomic E-state index is 0. The molecular formula is C24H31FN3NaO5. The van der Waals surface area contributed by atoms with Crippen LogP contribution in [0.4, 0.5) is 4.39 Å². The van der Waals surface area contributed by atoms with Crippen molar-refractivity contribution in [2.75, 3.05) is 6.54 Å². The van der Waals surface area contributed by atoms with Crippen LogP contribution < -0.4 is 40.0 Å². The fourth-order valence-corrected chi connectivity index (χ4v) is 3.34. The molecule has 0 aliphatic rings. The first kappa shape index (κ1) is 30.0. The summed E-state index contributed by atoms with van der Waals surface area (Å²) < 4.78 is 15.0. The van der Waals surface area contributed by atoms with Crippen molar-refractivity contribution < 1.29 is 58.9 Å². The molecule has 0 radical (unpaired) electrons. The number of carboxylic acids is 1. The van der Waals surface area contributed by atoms with Crippen LogP contribution in [0.3, 0.4) is 0 Å². The van der Waals surface area contributed by atoms with Crippen LogP contribution in [0, 0.1) is 11.7 Å². The molecule has 10 heteroatoms. The Bertz CT molecular complexity index is 989. The van der Waals surface area contributed by atoms with Gasteiger partial charge in [0.1, 0.15) is 5.82 Å². The monoisotopic (exact) mass is 483 g/mol. The molecule has 0 fully saturated rings. The predicted molar refractivity (Wildman–Crippen MR) is 120 cm³/mol. The first-order chi connectivity index (χ1) is 15.5. The summed E-state index contributed by atoms with van der Waals surface area (Å²) >= 11 is 0. The van der Waals surface area contributed by atoms with E-state index >= 15 is 0 Å². The van der Waals surface area contributed by atoms with Crippen molar-refractivity contribution in [3.63, 3.8) is 0 Å². The van der Waals surface area contributed by atoms with E-state index < -0.39 is 30.4 Å². The molecule has 0 saturated heterocycles. The molecule has 3 N–H and O–H groups in total. The zero-order valence-corrected chi connectivity index (χ0v) is 22.3. The maximum absolute atomic E-state index is 13.5. The molecule has 8 nitrogen and oxygen atoms in total. The number of carbonyl (C=O) groups excluding carboxylic acids is 2. The van der Waals surface area contributed by atoms with Crippen molar-refractivity contribution in [1.82, 2.24) is 15.1 Å². The molecule has 180 valence electrons. The number of aromatic nitrogens is 2. The van der Waals surface area contributed by atoms with Gasteiger partial charge in [0, 0.05) is 30.9 Å². The number of amides is 1. The van der Waals surface area contributed by atoms with Crippen molar-refractivity contribution in [2.45, 2.75) is 58.7 Å². The number of hydrogen-bond acceptors (Lipinski definition) is 6. The van der Waals surface area contributed by atoms with E-state index in [1.165, 1.54) is 35.0 Å². The summed E-state index contributed by atoms with van der Waals surface area (Å²) in [7, 11) is 0. The molecule has 2 atom stereocenters. The number of nitrogens with one attached hydrogen (secondary N) is 1. The summed E-state index contributed by atoms with van der Waals surface area (Å²) in [6, 6.07) is 5.62. The molecule has 2 aromatic rings. The van der Waals surface area contributed by atoms with Gasteiger partial charge in [-0.25, -0.2) is 9.07 Å². The molecule has 0 unspecified atom stereocenters. The Morgan fingerprint density at radius 3 is 2.32 bits per heavy atom. The molecule has 1 aromatic heterocycles. The molecule has 0 aliphatic heterocycles. The summed E-state index contributed by atoms with van der Waals surface area (Å²) in [5.41, 5.74) is 1.90. The average Bonchev–Trinajstić information content (AvgIpc) is 3.10. The first-order valence-corrected chi connectivity index (χ1v) is 10.9. The molecule has 0 saturated carbocycles. The third-order valence-electron chi connectivity index (χ3n) is 4.89. The van der Waals surface area contributed by atoms with Crippen molar-refractivity contribution in [1.29, 1.82) is 0 Å². The summed E-state index contributed by atoms with van der Waals surface area (Å²) in [5, 5.41) is 38.0. The maximum atomic E-state index is 13.5. The minimum Gasteiger partial charge on any atom is -0.550 e. The second-order valence-electron chi connectivity index (χ2n) is 8.69. The quantitative estimate of drug-likeness (QED) is 0.344. The van der Waals surface area contributed by atoms with Crippen LogP contribution in [0.1, 0.15) is 68.2 Å². The van der Waals surface area contributed by atoms with Crippen molar-refractivity contribution in [3.8, 4) is 5.69 Å². The Morgan fingerprint density at radius 1 is 1.18 bits per heavy atom. The number of aliphatic hydroxyl groups excluding tert-OH is 2. The van der Waals surface area contributed by atoms with Gasteiger partial charge in [-0.2, -0.15) is 5.10 Å². The topological polar surface area (TPSA) is 128 Å². The largest absolute Gasteiger partial charge is 1.00 e. The van der Waals surface area contributed by atoms with Gasteiger partial charge in [-0.1, -0.05) is 33.8 Å². The Hall–Kier alpha value is -2.04. The standard InChI is InChI=1S/C24H32FN3O5.Na/c1-14(2)13-26-24(33)23-22(15(3)4)20(10-9-18(29)11-19(30)12-21(31)32)28(27-23)17-7-5-16(25)6-8-17;/h5-10,14-15,18-19,29-30H,11-13H2,1-4H3,(H,26,33)(H,31,32);/q;+1/p-1/b10-9+;/t18-,19-;/m1./s1. The van der Waals surface area contributed by atoms with E-state index in [0.717, 1.165) is 0 Å². The van der Waals surface area contributed by atoms with Crippen LogP contribution in [-0.2, 0) is 4.79 Å². The number of rotatable bonds is 11. The number of benzene rings is 1. The normalized spacial score (nSPS) is 13.2. The summed E-state index contributed by atoms with van der Waals surface area (Å²) in [6.45, 7) is 8.24. The van der Waals surface area contributed by atoms with Crippen molar-refractivity contribution in [2.24, 2.45) is 5.92 Å². The zero-order chi connectivity index (χ0) is 24.7. The van der Waals surface area contributed by atoms with Gasteiger partial charge < -0.3 is 25.4 Å². The molecule has 0 bridgehead atoms. The number of aliphatic hydroxyl groups is 2. The van der Waals surface area contributed by atoms with Crippen LogP contribution in [0.25, 0.3) is 11.8 Å². The van der Waals surface area contributed by atoms with Gasteiger partial charge >= 0.3 is 29.6 Å². The van der Waals surface area contributed by atoms with Gasteiger partial charge in [0.15, 0.2) is 5.69 Å². The van der Waals surface area contributed by atoms with E-state index in [1.54, 1.807) is 6.08 Å². The smallest absolute Gasteiger partial charge is 0.550 e. The average molecular weight is 484 g/mol. The van der Waals surface area contributed by atoms with E-state index in [2.05, 4.69) is 10.4 Å². The molecule has 0 aliphatic carbocycles. The number of hydrogen-bond donors (Lipinski definition) is 3. The molecule has 2 rings (SSSR count). The Labute approximate surface area is 221 Å². The Morgan fingerprint density at radius 2 is 1.79 bits per heavy atom. The van der Waals surface area contributed by atoms with Gasteiger partial charge in [-0.15, -0.1) is 0 Å². The summed E-state index contributed by atoms with van der Waals surface area (Å²) in [5.74, 6) is -2.03. The molecule has 0 spiro atoms.